The van der Waals surface area contributed by atoms with E-state index >= 15 is 0 Å². The van der Waals surface area contributed by atoms with Crippen molar-refractivity contribution >= 4 is 40.8 Å². The maximum Gasteiger partial charge on any atom is 0.338 e. The molecule has 0 radical (unpaired) electrons. The molecule has 2 aliphatic rings. The summed E-state index contributed by atoms with van der Waals surface area (Å²) in [5.41, 5.74) is 1.57. The van der Waals surface area contributed by atoms with E-state index in [1.165, 1.54) is 24.3 Å². The molecule has 142 valence electrons. The topological polar surface area (TPSA) is 85.3 Å². The molecule has 2 aromatic carbocycles. The standard InChI is InChI=1S/C20H15ClN2O5/c1-2-27-20(26)11-7-9-12(10-8-11)23-18(24)15-16(22-28-17(15)19(23)25)13-5-3-4-6-14(13)21/h3-10,15,17H,2H2,1H3/t15-,17-/m0/s1. The third-order valence-corrected chi connectivity index (χ3v) is 4.93. The van der Waals surface area contributed by atoms with Gasteiger partial charge in [-0.15, -0.1) is 0 Å². The molecule has 2 amide bonds. The Morgan fingerprint density at radius 1 is 1.14 bits per heavy atom. The Morgan fingerprint density at radius 2 is 1.86 bits per heavy atom. The van der Waals surface area contributed by atoms with Crippen molar-refractivity contribution in [1.82, 2.24) is 0 Å². The van der Waals surface area contributed by atoms with Crippen molar-refractivity contribution in [2.45, 2.75) is 13.0 Å². The molecule has 7 nitrogen and oxygen atoms in total. The van der Waals surface area contributed by atoms with Crippen molar-refractivity contribution in [3.8, 4) is 0 Å². The number of fused-ring (bicyclic) bond motifs is 1. The van der Waals surface area contributed by atoms with Crippen molar-refractivity contribution in [1.29, 1.82) is 0 Å². The quantitative estimate of drug-likeness (QED) is 0.584. The number of nitrogens with zero attached hydrogens (tertiary/aromatic N) is 2. The van der Waals surface area contributed by atoms with Crippen molar-refractivity contribution in [3.63, 3.8) is 0 Å². The smallest absolute Gasteiger partial charge is 0.338 e. The predicted octanol–water partition coefficient (Wildman–Crippen LogP) is 2.81. The van der Waals surface area contributed by atoms with Gasteiger partial charge in [0.05, 0.1) is 17.9 Å². The molecule has 0 unspecified atom stereocenters. The molecular weight excluding hydrogens is 384 g/mol. The van der Waals surface area contributed by atoms with Crippen LogP contribution in [0.5, 0.6) is 0 Å². The van der Waals surface area contributed by atoms with Crippen LogP contribution in [-0.4, -0.2) is 36.2 Å². The van der Waals surface area contributed by atoms with E-state index in [-0.39, 0.29) is 6.61 Å². The van der Waals surface area contributed by atoms with Gasteiger partial charge in [-0.1, -0.05) is 35.0 Å². The van der Waals surface area contributed by atoms with Crippen LogP contribution in [0, 0.1) is 5.92 Å². The number of amides is 2. The molecule has 2 aromatic rings. The minimum Gasteiger partial charge on any atom is -0.462 e. The van der Waals surface area contributed by atoms with E-state index in [0.717, 1.165) is 4.90 Å². The zero-order chi connectivity index (χ0) is 19.8. The number of ether oxygens (including phenoxy) is 1. The molecule has 2 aliphatic heterocycles. The first-order valence-corrected chi connectivity index (χ1v) is 9.04. The van der Waals surface area contributed by atoms with Gasteiger partial charge in [0, 0.05) is 10.6 Å². The van der Waals surface area contributed by atoms with E-state index in [4.69, 9.17) is 21.2 Å². The summed E-state index contributed by atoms with van der Waals surface area (Å²) in [6.07, 6.45) is -1.02. The first-order valence-electron chi connectivity index (χ1n) is 8.66. The fourth-order valence-electron chi connectivity index (χ4n) is 3.28. The van der Waals surface area contributed by atoms with Gasteiger partial charge in [-0.2, -0.15) is 0 Å². The molecule has 0 N–H and O–H groups in total. The van der Waals surface area contributed by atoms with Crippen molar-refractivity contribution in [2.75, 3.05) is 11.5 Å². The highest BCUT2D eigenvalue weighted by Crippen LogP contribution is 2.36. The van der Waals surface area contributed by atoms with Crippen LogP contribution in [0.15, 0.2) is 53.7 Å². The second-order valence-electron chi connectivity index (χ2n) is 6.24. The van der Waals surface area contributed by atoms with Gasteiger partial charge >= 0.3 is 5.97 Å². The largest absolute Gasteiger partial charge is 0.462 e. The summed E-state index contributed by atoms with van der Waals surface area (Å²) in [6, 6.07) is 13.0. The lowest BCUT2D eigenvalue weighted by Gasteiger charge is -2.16. The lowest BCUT2D eigenvalue weighted by molar-refractivity contribution is -0.126. The first-order chi connectivity index (χ1) is 13.5. The number of halogens is 1. The van der Waals surface area contributed by atoms with Crippen LogP contribution in [0.1, 0.15) is 22.8 Å². The number of hydrogen-bond donors (Lipinski definition) is 0. The maximum absolute atomic E-state index is 13.0. The summed E-state index contributed by atoms with van der Waals surface area (Å²) >= 11 is 6.21. The highest BCUT2D eigenvalue weighted by Gasteiger charge is 2.56. The van der Waals surface area contributed by atoms with Gasteiger partial charge in [0.25, 0.3) is 5.91 Å². The van der Waals surface area contributed by atoms with Crippen LogP contribution < -0.4 is 4.90 Å². The van der Waals surface area contributed by atoms with Gasteiger partial charge in [-0.3, -0.25) is 9.59 Å². The number of carbonyl (C=O) groups excluding carboxylic acids is 3. The molecule has 0 spiro atoms. The Morgan fingerprint density at radius 3 is 2.54 bits per heavy atom. The van der Waals surface area contributed by atoms with Crippen LogP contribution in [0.25, 0.3) is 0 Å². The fourth-order valence-corrected chi connectivity index (χ4v) is 3.52. The van der Waals surface area contributed by atoms with Crippen molar-refractivity contribution in [2.24, 2.45) is 11.1 Å². The molecule has 8 heteroatoms. The van der Waals surface area contributed by atoms with Crippen LogP contribution in [0.2, 0.25) is 5.02 Å². The highest BCUT2D eigenvalue weighted by molar-refractivity contribution is 6.38. The zero-order valence-corrected chi connectivity index (χ0v) is 15.6. The number of anilines is 1. The Kier molecular flexibility index (Phi) is 4.60. The Hall–Kier alpha value is -3.19. The summed E-state index contributed by atoms with van der Waals surface area (Å²) in [5, 5.41) is 4.36. The fraction of sp³-hybridized carbons (Fsp3) is 0.200. The monoisotopic (exact) mass is 398 g/mol. The predicted molar refractivity (Wildman–Crippen MR) is 101 cm³/mol. The molecule has 0 aromatic heterocycles. The molecule has 0 aliphatic carbocycles. The van der Waals surface area contributed by atoms with Gasteiger partial charge in [0.2, 0.25) is 12.0 Å². The van der Waals surface area contributed by atoms with Gasteiger partial charge in [0.15, 0.2) is 0 Å². The Bertz CT molecular complexity index is 1000. The number of hydrogen-bond acceptors (Lipinski definition) is 6. The van der Waals surface area contributed by atoms with E-state index in [1.807, 2.05) is 0 Å². The molecule has 0 saturated carbocycles. The average molecular weight is 399 g/mol. The summed E-state index contributed by atoms with van der Waals surface area (Å²) in [6.45, 7) is 1.97. The van der Waals surface area contributed by atoms with Gasteiger partial charge in [-0.25, -0.2) is 9.69 Å². The lowest BCUT2D eigenvalue weighted by Crippen LogP contribution is -2.33. The number of imide groups is 1. The maximum atomic E-state index is 13.0. The number of oxime groups is 1. The van der Waals surface area contributed by atoms with E-state index in [0.29, 0.717) is 27.5 Å². The summed E-state index contributed by atoms with van der Waals surface area (Å²) < 4.78 is 4.94. The average Bonchev–Trinajstić information content (AvgIpc) is 3.23. The third-order valence-electron chi connectivity index (χ3n) is 4.60. The second-order valence-corrected chi connectivity index (χ2v) is 6.65. The van der Waals surface area contributed by atoms with E-state index in [2.05, 4.69) is 5.16 Å². The lowest BCUT2D eigenvalue weighted by atomic mass is 9.94. The first kappa shape index (κ1) is 18.2. The SMILES string of the molecule is CCOC(=O)c1ccc(N2C(=O)[C@H]3C(c4ccccc4Cl)=NO[C@@H]3C2=O)cc1. The molecule has 1 fully saturated rings. The Balaban J connectivity index is 1.63. The second kappa shape index (κ2) is 7.09. The van der Waals surface area contributed by atoms with Gasteiger partial charge in [0.1, 0.15) is 11.6 Å². The molecule has 28 heavy (non-hydrogen) atoms. The van der Waals surface area contributed by atoms with Crippen LogP contribution >= 0.6 is 11.6 Å². The number of benzene rings is 2. The normalized spacial score (nSPS) is 20.6. The van der Waals surface area contributed by atoms with Crippen molar-refractivity contribution in [3.05, 3.63) is 64.7 Å². The van der Waals surface area contributed by atoms with E-state index < -0.39 is 29.8 Å². The number of rotatable bonds is 4. The summed E-state index contributed by atoms with van der Waals surface area (Å²) in [7, 11) is 0. The van der Waals surface area contributed by atoms with Crippen LogP contribution in [0.3, 0.4) is 0 Å². The molecule has 1 saturated heterocycles. The van der Waals surface area contributed by atoms with E-state index in [9.17, 15) is 14.4 Å². The summed E-state index contributed by atoms with van der Waals surface area (Å²) in [5.74, 6) is -2.29. The van der Waals surface area contributed by atoms with Gasteiger partial charge < -0.3 is 9.57 Å². The zero-order valence-electron chi connectivity index (χ0n) is 14.8. The number of carbonyl (C=O) groups is 3. The highest BCUT2D eigenvalue weighted by atomic mass is 35.5. The van der Waals surface area contributed by atoms with Gasteiger partial charge in [-0.05, 0) is 37.3 Å². The molecule has 2 atom stereocenters. The minimum atomic E-state index is -1.02. The molecule has 2 heterocycles. The van der Waals surface area contributed by atoms with Crippen molar-refractivity contribution < 1.29 is 24.0 Å². The molecule has 0 bridgehead atoms. The van der Waals surface area contributed by atoms with E-state index in [1.54, 1.807) is 31.2 Å². The van der Waals surface area contributed by atoms with Crippen LogP contribution in [-0.2, 0) is 19.2 Å². The number of esters is 1. The molecule has 4 rings (SSSR count). The minimum absolute atomic E-state index is 0.258. The van der Waals surface area contributed by atoms with Crippen LogP contribution in [0.4, 0.5) is 5.69 Å². The molecular formula is C20H15ClN2O5. The Labute approximate surface area is 165 Å². The summed E-state index contributed by atoms with van der Waals surface area (Å²) in [4.78, 5) is 43.9. The third kappa shape index (κ3) is 2.84.